The third-order valence-corrected chi connectivity index (χ3v) is 3.78. The molecule has 134 valence electrons. The molecule has 1 aromatic carbocycles. The number of ether oxygens (including phenoxy) is 1. The number of anilines is 1. The Hall–Kier alpha value is -1.79. The van der Waals surface area contributed by atoms with Gasteiger partial charge in [0.05, 0.1) is 5.69 Å². The normalized spacial score (nSPS) is 14.5. The summed E-state index contributed by atoms with van der Waals surface area (Å²) in [6.07, 6.45) is 1.09. The SMILES string of the molecule is CC(C)CC(CN)NC(=O)CCN1C(=O)COc2ccccc21.Cl. The largest absolute Gasteiger partial charge is 0.482 e. The lowest BCUT2D eigenvalue weighted by molar-refractivity contribution is -0.122. The lowest BCUT2D eigenvalue weighted by atomic mass is 10.0. The number of nitrogens with zero attached hydrogens (tertiary/aromatic N) is 1. The van der Waals surface area contributed by atoms with Crippen LogP contribution in [0.5, 0.6) is 5.75 Å². The number of benzene rings is 1. The zero-order chi connectivity index (χ0) is 16.8. The minimum absolute atomic E-state index is 0. The van der Waals surface area contributed by atoms with Gasteiger partial charge in [-0.1, -0.05) is 26.0 Å². The summed E-state index contributed by atoms with van der Waals surface area (Å²) in [5.41, 5.74) is 6.41. The van der Waals surface area contributed by atoms with Gasteiger partial charge in [-0.05, 0) is 24.5 Å². The number of rotatable bonds is 7. The number of hydrogen-bond donors (Lipinski definition) is 2. The van der Waals surface area contributed by atoms with E-state index in [0.29, 0.717) is 30.4 Å². The second kappa shape index (κ2) is 9.49. The van der Waals surface area contributed by atoms with E-state index in [4.69, 9.17) is 10.5 Å². The van der Waals surface area contributed by atoms with Crippen molar-refractivity contribution in [3.8, 4) is 5.75 Å². The third-order valence-electron chi connectivity index (χ3n) is 3.78. The van der Waals surface area contributed by atoms with Gasteiger partial charge in [-0.3, -0.25) is 9.59 Å². The van der Waals surface area contributed by atoms with Crippen LogP contribution in [0, 0.1) is 5.92 Å². The summed E-state index contributed by atoms with van der Waals surface area (Å²) in [6.45, 7) is 4.96. The molecule has 1 aliphatic heterocycles. The summed E-state index contributed by atoms with van der Waals surface area (Å²) in [7, 11) is 0. The molecular weight excluding hydrogens is 330 g/mol. The van der Waals surface area contributed by atoms with E-state index in [1.54, 1.807) is 4.90 Å². The van der Waals surface area contributed by atoms with Gasteiger partial charge in [-0.25, -0.2) is 0 Å². The monoisotopic (exact) mass is 355 g/mol. The number of carbonyl (C=O) groups is 2. The van der Waals surface area contributed by atoms with Crippen molar-refractivity contribution in [2.24, 2.45) is 11.7 Å². The van der Waals surface area contributed by atoms with Crippen LogP contribution in [0.1, 0.15) is 26.7 Å². The molecule has 24 heavy (non-hydrogen) atoms. The maximum Gasteiger partial charge on any atom is 0.265 e. The smallest absolute Gasteiger partial charge is 0.265 e. The Labute approximate surface area is 149 Å². The molecule has 1 heterocycles. The van der Waals surface area contributed by atoms with Crippen LogP contribution in [-0.4, -0.2) is 37.6 Å². The molecule has 0 radical (unpaired) electrons. The minimum atomic E-state index is -0.131. The number of hydrogen-bond acceptors (Lipinski definition) is 4. The molecule has 1 atom stereocenters. The summed E-state index contributed by atoms with van der Waals surface area (Å²) in [5, 5.41) is 2.94. The topological polar surface area (TPSA) is 84.7 Å². The Bertz CT molecular complexity index is 566. The van der Waals surface area contributed by atoms with Crippen LogP contribution in [0.15, 0.2) is 24.3 Å². The van der Waals surface area contributed by atoms with Gasteiger partial charge in [0.25, 0.3) is 5.91 Å². The highest BCUT2D eigenvalue weighted by molar-refractivity contribution is 5.98. The summed E-state index contributed by atoms with van der Waals surface area (Å²) >= 11 is 0. The molecule has 3 N–H and O–H groups in total. The van der Waals surface area contributed by atoms with Gasteiger partial charge in [-0.15, -0.1) is 12.4 Å². The molecule has 0 fully saturated rings. The van der Waals surface area contributed by atoms with E-state index in [-0.39, 0.29) is 43.3 Å². The number of halogens is 1. The Balaban J connectivity index is 0.00000288. The summed E-state index contributed by atoms with van der Waals surface area (Å²) < 4.78 is 5.39. The molecular formula is C17H26ClN3O3. The van der Waals surface area contributed by atoms with E-state index in [9.17, 15) is 9.59 Å². The Kier molecular flexibility index (Phi) is 8.01. The Morgan fingerprint density at radius 1 is 1.38 bits per heavy atom. The summed E-state index contributed by atoms with van der Waals surface area (Å²) in [6, 6.07) is 7.33. The Morgan fingerprint density at radius 3 is 2.75 bits per heavy atom. The molecule has 0 spiro atoms. The molecule has 6 nitrogen and oxygen atoms in total. The molecule has 0 aliphatic carbocycles. The van der Waals surface area contributed by atoms with Crippen LogP contribution in [-0.2, 0) is 9.59 Å². The fraction of sp³-hybridized carbons (Fsp3) is 0.529. The highest BCUT2D eigenvalue weighted by Gasteiger charge is 2.25. The van der Waals surface area contributed by atoms with Gasteiger partial charge >= 0.3 is 0 Å². The molecule has 0 aromatic heterocycles. The van der Waals surface area contributed by atoms with Gasteiger partial charge in [0.2, 0.25) is 5.91 Å². The van der Waals surface area contributed by atoms with Crippen LogP contribution in [0.4, 0.5) is 5.69 Å². The average molecular weight is 356 g/mol. The van der Waals surface area contributed by atoms with E-state index in [1.807, 2.05) is 24.3 Å². The fourth-order valence-corrected chi connectivity index (χ4v) is 2.70. The van der Waals surface area contributed by atoms with E-state index in [0.717, 1.165) is 6.42 Å². The van der Waals surface area contributed by atoms with E-state index >= 15 is 0 Å². The number of para-hydroxylation sites is 2. The zero-order valence-corrected chi connectivity index (χ0v) is 15.0. The maximum absolute atomic E-state index is 12.1. The standard InChI is InChI=1S/C17H25N3O3.ClH/c1-12(2)9-13(10-18)19-16(21)7-8-20-14-5-3-4-6-15(14)23-11-17(20)22;/h3-6,12-13H,7-11,18H2,1-2H3,(H,19,21);1H. The molecule has 0 saturated carbocycles. The fourth-order valence-electron chi connectivity index (χ4n) is 2.70. The van der Waals surface area contributed by atoms with Crippen molar-refractivity contribution in [1.29, 1.82) is 0 Å². The predicted molar refractivity (Wildman–Crippen MR) is 96.6 cm³/mol. The third kappa shape index (κ3) is 5.39. The predicted octanol–water partition coefficient (Wildman–Crippen LogP) is 1.71. The van der Waals surface area contributed by atoms with Gasteiger partial charge in [-0.2, -0.15) is 0 Å². The van der Waals surface area contributed by atoms with Gasteiger partial charge in [0.15, 0.2) is 6.61 Å². The van der Waals surface area contributed by atoms with Crippen LogP contribution in [0.25, 0.3) is 0 Å². The number of amides is 2. The Morgan fingerprint density at radius 2 is 2.08 bits per heavy atom. The first-order valence-corrected chi connectivity index (χ1v) is 8.03. The second-order valence-electron chi connectivity index (χ2n) is 6.18. The van der Waals surface area contributed by atoms with Crippen molar-refractivity contribution < 1.29 is 14.3 Å². The molecule has 2 rings (SSSR count). The van der Waals surface area contributed by atoms with Crippen molar-refractivity contribution in [2.45, 2.75) is 32.7 Å². The van der Waals surface area contributed by atoms with Crippen molar-refractivity contribution in [2.75, 3.05) is 24.6 Å². The first-order chi connectivity index (χ1) is 11.0. The number of fused-ring (bicyclic) bond motifs is 1. The van der Waals surface area contributed by atoms with E-state index in [2.05, 4.69) is 19.2 Å². The zero-order valence-electron chi connectivity index (χ0n) is 14.2. The lowest BCUT2D eigenvalue weighted by Crippen LogP contribution is -2.44. The quantitative estimate of drug-likeness (QED) is 0.779. The highest BCUT2D eigenvalue weighted by atomic mass is 35.5. The lowest BCUT2D eigenvalue weighted by Gasteiger charge is -2.29. The first-order valence-electron chi connectivity index (χ1n) is 8.03. The van der Waals surface area contributed by atoms with Crippen LogP contribution < -0.4 is 20.7 Å². The summed E-state index contributed by atoms with van der Waals surface area (Å²) in [4.78, 5) is 25.8. The van der Waals surface area contributed by atoms with Gasteiger partial charge in [0.1, 0.15) is 5.75 Å². The molecule has 1 unspecified atom stereocenters. The van der Waals surface area contributed by atoms with Crippen LogP contribution in [0.2, 0.25) is 0 Å². The van der Waals surface area contributed by atoms with E-state index < -0.39 is 0 Å². The van der Waals surface area contributed by atoms with Crippen LogP contribution >= 0.6 is 12.4 Å². The highest BCUT2D eigenvalue weighted by Crippen LogP contribution is 2.31. The second-order valence-corrected chi connectivity index (χ2v) is 6.18. The van der Waals surface area contributed by atoms with Crippen LogP contribution in [0.3, 0.4) is 0 Å². The molecule has 2 amide bonds. The number of nitrogens with two attached hydrogens (primary N) is 1. The maximum atomic E-state index is 12.1. The molecule has 1 aliphatic rings. The van der Waals surface area contributed by atoms with Gasteiger partial charge < -0.3 is 20.7 Å². The van der Waals surface area contributed by atoms with Crippen molar-refractivity contribution in [3.05, 3.63) is 24.3 Å². The molecule has 0 bridgehead atoms. The minimum Gasteiger partial charge on any atom is -0.482 e. The van der Waals surface area contributed by atoms with Crippen molar-refractivity contribution >= 4 is 29.9 Å². The molecule has 7 heteroatoms. The number of carbonyl (C=O) groups excluding carboxylic acids is 2. The number of nitrogens with one attached hydrogen (secondary N) is 1. The van der Waals surface area contributed by atoms with Crippen molar-refractivity contribution in [3.63, 3.8) is 0 Å². The average Bonchev–Trinajstić information content (AvgIpc) is 2.52. The molecule has 0 saturated heterocycles. The summed E-state index contributed by atoms with van der Waals surface area (Å²) in [5.74, 6) is 0.927. The van der Waals surface area contributed by atoms with E-state index in [1.165, 1.54) is 0 Å². The van der Waals surface area contributed by atoms with Gasteiger partial charge in [0, 0.05) is 25.6 Å². The van der Waals surface area contributed by atoms with Crippen molar-refractivity contribution in [1.82, 2.24) is 5.32 Å². The molecule has 1 aromatic rings. The first kappa shape index (κ1) is 20.3.